The first-order chi connectivity index (χ1) is 9.33. The minimum absolute atomic E-state index is 0.394. The third-order valence-electron chi connectivity index (χ3n) is 4.64. The number of ether oxygens (including phenoxy) is 1. The second kappa shape index (κ2) is 8.03. The molecule has 2 rings (SSSR count). The van der Waals surface area contributed by atoms with Gasteiger partial charge in [-0.05, 0) is 57.8 Å². The number of hydrogen-bond acceptors (Lipinski definition) is 3. The van der Waals surface area contributed by atoms with Crippen LogP contribution in [0.4, 0.5) is 0 Å². The number of allylic oxidation sites excluding steroid dienone is 1. The molecule has 19 heavy (non-hydrogen) atoms. The van der Waals surface area contributed by atoms with Gasteiger partial charge in [-0.3, -0.25) is 11.3 Å². The van der Waals surface area contributed by atoms with Gasteiger partial charge in [0.15, 0.2) is 0 Å². The van der Waals surface area contributed by atoms with Gasteiger partial charge in [0.05, 0.1) is 6.10 Å². The van der Waals surface area contributed by atoms with Crippen LogP contribution in [0.2, 0.25) is 0 Å². The fraction of sp³-hybridized carbons (Fsp3) is 0.875. The van der Waals surface area contributed by atoms with E-state index < -0.39 is 0 Å². The molecule has 0 aromatic carbocycles. The van der Waals surface area contributed by atoms with Crippen molar-refractivity contribution >= 4 is 0 Å². The SMILES string of the molecule is CCOC1CC(CC(NN)C2=CCCCCCC2)C1. The largest absolute Gasteiger partial charge is 0.378 e. The summed E-state index contributed by atoms with van der Waals surface area (Å²) in [7, 11) is 0. The molecule has 0 heterocycles. The number of nitrogens with one attached hydrogen (secondary N) is 1. The van der Waals surface area contributed by atoms with Crippen LogP contribution in [-0.2, 0) is 4.74 Å². The molecular weight excluding hydrogens is 236 g/mol. The van der Waals surface area contributed by atoms with Gasteiger partial charge in [0.25, 0.3) is 0 Å². The Labute approximate surface area is 117 Å². The summed E-state index contributed by atoms with van der Waals surface area (Å²) >= 11 is 0. The highest BCUT2D eigenvalue weighted by molar-refractivity contribution is 5.12. The monoisotopic (exact) mass is 266 g/mol. The molecule has 0 bridgehead atoms. The fourth-order valence-corrected chi connectivity index (χ4v) is 3.43. The maximum Gasteiger partial charge on any atom is 0.0580 e. The molecule has 0 aliphatic heterocycles. The Bertz CT molecular complexity index is 284. The zero-order chi connectivity index (χ0) is 13.5. The van der Waals surface area contributed by atoms with E-state index in [1.54, 1.807) is 5.57 Å². The third-order valence-corrected chi connectivity index (χ3v) is 4.64. The summed E-state index contributed by atoms with van der Waals surface area (Å²) in [6, 6.07) is 0.394. The lowest BCUT2D eigenvalue weighted by molar-refractivity contribution is -0.0282. The molecule has 2 aliphatic rings. The zero-order valence-electron chi connectivity index (χ0n) is 12.4. The van der Waals surface area contributed by atoms with E-state index in [-0.39, 0.29) is 0 Å². The molecule has 3 heteroatoms. The second-order valence-corrected chi connectivity index (χ2v) is 6.10. The standard InChI is InChI=1S/C16H30N2O/c1-2-19-15-10-13(11-15)12-16(18-17)14-8-6-4-3-5-7-9-14/h8,13,15-16,18H,2-7,9-12,17H2,1H3. The molecule has 0 spiro atoms. The lowest BCUT2D eigenvalue weighted by Crippen LogP contribution is -2.42. The van der Waals surface area contributed by atoms with Crippen molar-refractivity contribution in [3.05, 3.63) is 11.6 Å². The van der Waals surface area contributed by atoms with Gasteiger partial charge < -0.3 is 4.74 Å². The van der Waals surface area contributed by atoms with Crippen LogP contribution in [0.25, 0.3) is 0 Å². The first kappa shape index (κ1) is 15.0. The van der Waals surface area contributed by atoms with Crippen LogP contribution in [0, 0.1) is 5.92 Å². The molecule has 1 fully saturated rings. The van der Waals surface area contributed by atoms with Gasteiger partial charge in [-0.25, -0.2) is 0 Å². The summed E-state index contributed by atoms with van der Waals surface area (Å²) in [5.74, 6) is 6.59. The number of nitrogens with two attached hydrogens (primary N) is 1. The lowest BCUT2D eigenvalue weighted by atomic mass is 9.76. The predicted molar refractivity (Wildman–Crippen MR) is 79.7 cm³/mol. The van der Waals surface area contributed by atoms with E-state index in [0.717, 1.165) is 12.5 Å². The van der Waals surface area contributed by atoms with Gasteiger partial charge in [-0.1, -0.05) is 24.5 Å². The van der Waals surface area contributed by atoms with Crippen molar-refractivity contribution in [2.24, 2.45) is 11.8 Å². The highest BCUT2D eigenvalue weighted by atomic mass is 16.5. The van der Waals surface area contributed by atoms with Gasteiger partial charge in [0, 0.05) is 12.6 Å². The predicted octanol–water partition coefficient (Wildman–Crippen LogP) is 3.30. The Morgan fingerprint density at radius 1 is 1.32 bits per heavy atom. The van der Waals surface area contributed by atoms with Crippen LogP contribution >= 0.6 is 0 Å². The van der Waals surface area contributed by atoms with E-state index in [0.29, 0.717) is 12.1 Å². The molecule has 1 atom stereocenters. The van der Waals surface area contributed by atoms with E-state index >= 15 is 0 Å². The Morgan fingerprint density at radius 2 is 2.11 bits per heavy atom. The second-order valence-electron chi connectivity index (χ2n) is 6.10. The van der Waals surface area contributed by atoms with Crippen LogP contribution in [0.1, 0.15) is 64.7 Å². The zero-order valence-corrected chi connectivity index (χ0v) is 12.4. The Hall–Kier alpha value is -0.380. The summed E-state index contributed by atoms with van der Waals surface area (Å²) < 4.78 is 5.64. The molecule has 1 saturated carbocycles. The first-order valence-electron chi connectivity index (χ1n) is 8.10. The van der Waals surface area contributed by atoms with Crippen molar-refractivity contribution in [2.45, 2.75) is 76.9 Å². The average Bonchev–Trinajstić information content (AvgIpc) is 2.33. The Kier molecular flexibility index (Phi) is 6.35. The van der Waals surface area contributed by atoms with Crippen molar-refractivity contribution in [2.75, 3.05) is 6.61 Å². The molecule has 0 radical (unpaired) electrons. The number of hydrazine groups is 1. The molecule has 1 unspecified atom stereocenters. The summed E-state index contributed by atoms with van der Waals surface area (Å²) in [4.78, 5) is 0. The molecule has 0 amide bonds. The van der Waals surface area contributed by atoms with Crippen molar-refractivity contribution in [3.8, 4) is 0 Å². The van der Waals surface area contributed by atoms with Gasteiger partial charge in [-0.2, -0.15) is 0 Å². The first-order valence-corrected chi connectivity index (χ1v) is 8.10. The van der Waals surface area contributed by atoms with Crippen molar-refractivity contribution in [3.63, 3.8) is 0 Å². The summed E-state index contributed by atoms with van der Waals surface area (Å²) in [5, 5.41) is 0. The van der Waals surface area contributed by atoms with E-state index in [1.807, 2.05) is 0 Å². The quantitative estimate of drug-likeness (QED) is 0.440. The van der Waals surface area contributed by atoms with Gasteiger partial charge in [0.2, 0.25) is 0 Å². The lowest BCUT2D eigenvalue weighted by Gasteiger charge is -2.37. The molecule has 0 aromatic rings. The maximum atomic E-state index is 5.79. The summed E-state index contributed by atoms with van der Waals surface area (Å²) in [6.07, 6.45) is 14.5. The Morgan fingerprint density at radius 3 is 2.84 bits per heavy atom. The molecule has 3 nitrogen and oxygen atoms in total. The third kappa shape index (κ3) is 4.59. The van der Waals surface area contributed by atoms with Crippen molar-refractivity contribution < 1.29 is 4.74 Å². The van der Waals surface area contributed by atoms with Crippen LogP contribution in [-0.4, -0.2) is 18.8 Å². The number of hydrogen-bond donors (Lipinski definition) is 2. The van der Waals surface area contributed by atoms with Gasteiger partial charge >= 0.3 is 0 Å². The van der Waals surface area contributed by atoms with Crippen LogP contribution in [0.15, 0.2) is 11.6 Å². The normalized spacial score (nSPS) is 29.9. The van der Waals surface area contributed by atoms with Crippen LogP contribution in [0.5, 0.6) is 0 Å². The molecule has 2 aliphatic carbocycles. The molecule has 3 N–H and O–H groups in total. The maximum absolute atomic E-state index is 5.79. The van der Waals surface area contributed by atoms with E-state index in [9.17, 15) is 0 Å². The average molecular weight is 266 g/mol. The smallest absolute Gasteiger partial charge is 0.0580 e. The van der Waals surface area contributed by atoms with E-state index in [4.69, 9.17) is 10.6 Å². The van der Waals surface area contributed by atoms with Crippen molar-refractivity contribution in [1.82, 2.24) is 5.43 Å². The molecular formula is C16H30N2O. The topological polar surface area (TPSA) is 47.3 Å². The summed E-state index contributed by atoms with van der Waals surface area (Å²) in [6.45, 7) is 2.93. The number of rotatable bonds is 6. The minimum atomic E-state index is 0.394. The van der Waals surface area contributed by atoms with Gasteiger partial charge in [-0.15, -0.1) is 0 Å². The highest BCUT2D eigenvalue weighted by Crippen LogP contribution is 2.35. The Balaban J connectivity index is 1.79. The molecule has 110 valence electrons. The van der Waals surface area contributed by atoms with Crippen LogP contribution < -0.4 is 11.3 Å². The molecule has 0 saturated heterocycles. The fourth-order valence-electron chi connectivity index (χ4n) is 3.43. The highest BCUT2D eigenvalue weighted by Gasteiger charge is 2.31. The van der Waals surface area contributed by atoms with E-state index in [1.165, 1.54) is 57.8 Å². The van der Waals surface area contributed by atoms with E-state index in [2.05, 4.69) is 18.4 Å². The van der Waals surface area contributed by atoms with Crippen molar-refractivity contribution in [1.29, 1.82) is 0 Å². The molecule has 0 aromatic heterocycles. The van der Waals surface area contributed by atoms with Crippen LogP contribution in [0.3, 0.4) is 0 Å². The minimum Gasteiger partial charge on any atom is -0.378 e. The van der Waals surface area contributed by atoms with Gasteiger partial charge in [0.1, 0.15) is 0 Å². The summed E-state index contributed by atoms with van der Waals surface area (Å²) in [5.41, 5.74) is 4.61.